The Morgan fingerprint density at radius 3 is 2.68 bits per heavy atom. The summed E-state index contributed by atoms with van der Waals surface area (Å²) in [6.45, 7) is 3.85. The van der Waals surface area contributed by atoms with Gasteiger partial charge in [-0.1, -0.05) is 19.4 Å². The molecule has 0 heterocycles. The first kappa shape index (κ1) is 15.9. The molecule has 5 heteroatoms. The van der Waals surface area contributed by atoms with Crippen molar-refractivity contribution in [2.75, 3.05) is 12.4 Å². The van der Waals surface area contributed by atoms with Crippen LogP contribution in [-0.4, -0.2) is 18.3 Å². The van der Waals surface area contributed by atoms with Crippen molar-refractivity contribution in [2.45, 2.75) is 26.7 Å². The van der Waals surface area contributed by atoms with Crippen molar-refractivity contribution >= 4 is 17.5 Å². The van der Waals surface area contributed by atoms with Gasteiger partial charge in [0.25, 0.3) is 5.91 Å². The number of carbonyl (C=O) groups excluding carboxylic acids is 1. The van der Waals surface area contributed by atoms with Crippen molar-refractivity contribution in [1.82, 2.24) is 5.32 Å². The Bertz CT molecular complexity index is 451. The lowest BCUT2D eigenvalue weighted by atomic mass is 10.0. The Labute approximate surface area is 117 Å². The second kappa shape index (κ2) is 7.43. The summed E-state index contributed by atoms with van der Waals surface area (Å²) in [4.78, 5) is 11.8. The first-order valence-electron chi connectivity index (χ1n) is 6.30. The van der Waals surface area contributed by atoms with Crippen molar-refractivity contribution in [3.8, 4) is 0 Å². The van der Waals surface area contributed by atoms with Crippen molar-refractivity contribution in [2.24, 2.45) is 5.92 Å². The maximum Gasteiger partial charge on any atom is 0.257 e. The van der Waals surface area contributed by atoms with Gasteiger partial charge in [-0.2, -0.15) is 0 Å². The molecule has 0 aliphatic rings. The SMILES string of the molecule is CCC(CCCl)CNC(=O)c1c(F)ccc(C)c1F. The summed E-state index contributed by atoms with van der Waals surface area (Å²) >= 11 is 5.65. The fourth-order valence-electron chi connectivity index (χ4n) is 1.80. The third-order valence-electron chi connectivity index (χ3n) is 3.16. The quantitative estimate of drug-likeness (QED) is 0.796. The topological polar surface area (TPSA) is 29.1 Å². The van der Waals surface area contributed by atoms with Gasteiger partial charge in [-0.15, -0.1) is 11.6 Å². The molecule has 0 saturated heterocycles. The highest BCUT2D eigenvalue weighted by Crippen LogP contribution is 2.16. The lowest BCUT2D eigenvalue weighted by Crippen LogP contribution is -2.31. The molecule has 2 nitrogen and oxygen atoms in total. The standard InChI is InChI=1S/C14H18ClF2NO/c1-3-10(6-7-15)8-18-14(19)12-11(16)5-4-9(2)13(12)17/h4-5,10H,3,6-8H2,1-2H3,(H,18,19). The Hall–Kier alpha value is -1.16. The number of benzene rings is 1. The number of amides is 1. The van der Waals surface area contributed by atoms with Crippen molar-refractivity contribution in [3.63, 3.8) is 0 Å². The largest absolute Gasteiger partial charge is 0.352 e. The molecule has 1 rings (SSSR count). The van der Waals surface area contributed by atoms with Gasteiger partial charge in [0.05, 0.1) is 0 Å². The number of rotatable bonds is 6. The van der Waals surface area contributed by atoms with E-state index in [2.05, 4.69) is 5.32 Å². The highest BCUT2D eigenvalue weighted by Gasteiger charge is 2.19. The molecule has 0 saturated carbocycles. The molecule has 1 unspecified atom stereocenters. The van der Waals surface area contributed by atoms with E-state index in [-0.39, 0.29) is 11.5 Å². The highest BCUT2D eigenvalue weighted by molar-refractivity contribution is 6.17. The van der Waals surface area contributed by atoms with E-state index in [4.69, 9.17) is 11.6 Å². The average molecular weight is 290 g/mol. The number of halogens is 3. The number of hydrogen-bond donors (Lipinski definition) is 1. The third kappa shape index (κ3) is 4.16. The number of hydrogen-bond acceptors (Lipinski definition) is 1. The number of carbonyl (C=O) groups is 1. The van der Waals surface area contributed by atoms with Crippen molar-refractivity contribution in [3.05, 3.63) is 34.9 Å². The minimum atomic E-state index is -0.842. The summed E-state index contributed by atoms with van der Waals surface area (Å²) in [5.41, 5.74) is -0.264. The molecule has 19 heavy (non-hydrogen) atoms. The van der Waals surface area contributed by atoms with Crippen LogP contribution in [0.2, 0.25) is 0 Å². The van der Waals surface area contributed by atoms with E-state index in [0.29, 0.717) is 12.4 Å². The molecule has 0 aromatic heterocycles. The normalized spacial score (nSPS) is 12.3. The molecule has 0 aliphatic heterocycles. The van der Waals surface area contributed by atoms with Crippen LogP contribution in [0.1, 0.15) is 35.7 Å². The minimum absolute atomic E-state index is 0.220. The molecule has 1 aromatic rings. The fraction of sp³-hybridized carbons (Fsp3) is 0.500. The van der Waals surface area contributed by atoms with Crippen LogP contribution in [0.5, 0.6) is 0 Å². The van der Waals surface area contributed by atoms with Crippen molar-refractivity contribution < 1.29 is 13.6 Å². The van der Waals surface area contributed by atoms with Crippen LogP contribution in [0.15, 0.2) is 12.1 Å². The van der Waals surface area contributed by atoms with Gasteiger partial charge in [0, 0.05) is 12.4 Å². The van der Waals surface area contributed by atoms with Gasteiger partial charge in [0.15, 0.2) is 0 Å². The molecule has 0 bridgehead atoms. The van der Waals surface area contributed by atoms with Gasteiger partial charge >= 0.3 is 0 Å². The van der Waals surface area contributed by atoms with Gasteiger partial charge < -0.3 is 5.32 Å². The van der Waals surface area contributed by atoms with Gasteiger partial charge in [-0.25, -0.2) is 8.78 Å². The van der Waals surface area contributed by atoms with Crippen LogP contribution < -0.4 is 5.32 Å². The maximum atomic E-state index is 13.7. The van der Waals surface area contributed by atoms with Crippen LogP contribution >= 0.6 is 11.6 Å². The summed E-state index contributed by atoms with van der Waals surface area (Å²) in [6.07, 6.45) is 1.61. The molecular weight excluding hydrogens is 272 g/mol. The van der Waals surface area contributed by atoms with Crippen LogP contribution in [0.25, 0.3) is 0 Å². The molecule has 0 fully saturated rings. The summed E-state index contributed by atoms with van der Waals surface area (Å²) in [5.74, 6) is -1.64. The van der Waals surface area contributed by atoms with Crippen LogP contribution in [0, 0.1) is 24.5 Å². The Balaban J connectivity index is 2.76. The zero-order chi connectivity index (χ0) is 14.4. The number of alkyl halides is 1. The van der Waals surface area contributed by atoms with Gasteiger partial charge in [0.1, 0.15) is 17.2 Å². The van der Waals surface area contributed by atoms with Crippen LogP contribution in [0.4, 0.5) is 8.78 Å². The Morgan fingerprint density at radius 1 is 1.42 bits per heavy atom. The average Bonchev–Trinajstić information content (AvgIpc) is 2.39. The van der Waals surface area contributed by atoms with Crippen molar-refractivity contribution in [1.29, 1.82) is 0 Å². The summed E-state index contributed by atoms with van der Waals surface area (Å²) in [7, 11) is 0. The molecule has 106 valence electrons. The molecule has 1 aromatic carbocycles. The predicted octanol–water partition coefficient (Wildman–Crippen LogP) is 3.66. The van der Waals surface area contributed by atoms with Gasteiger partial charge in [-0.05, 0) is 30.9 Å². The van der Waals surface area contributed by atoms with E-state index in [1.165, 1.54) is 13.0 Å². The van der Waals surface area contributed by atoms with E-state index >= 15 is 0 Å². The Kier molecular flexibility index (Phi) is 6.22. The second-order valence-corrected chi connectivity index (χ2v) is 4.89. The maximum absolute atomic E-state index is 13.7. The summed E-state index contributed by atoms with van der Waals surface area (Å²) in [5, 5.41) is 2.57. The summed E-state index contributed by atoms with van der Waals surface area (Å²) in [6, 6.07) is 2.41. The monoisotopic (exact) mass is 289 g/mol. The van der Waals surface area contributed by atoms with Gasteiger partial charge in [0.2, 0.25) is 0 Å². The molecule has 1 N–H and O–H groups in total. The van der Waals surface area contributed by atoms with E-state index < -0.39 is 23.1 Å². The van der Waals surface area contributed by atoms with E-state index in [9.17, 15) is 13.6 Å². The lowest BCUT2D eigenvalue weighted by molar-refractivity contribution is 0.0937. The predicted molar refractivity (Wildman–Crippen MR) is 72.5 cm³/mol. The zero-order valence-corrected chi connectivity index (χ0v) is 11.9. The number of aryl methyl sites for hydroxylation is 1. The minimum Gasteiger partial charge on any atom is -0.352 e. The van der Waals surface area contributed by atoms with E-state index in [0.717, 1.165) is 18.9 Å². The smallest absolute Gasteiger partial charge is 0.257 e. The number of nitrogens with one attached hydrogen (secondary N) is 1. The summed E-state index contributed by atoms with van der Waals surface area (Å²) < 4.78 is 27.3. The van der Waals surface area contributed by atoms with Crippen LogP contribution in [0.3, 0.4) is 0 Å². The molecular formula is C14H18ClF2NO. The lowest BCUT2D eigenvalue weighted by Gasteiger charge is -2.15. The van der Waals surface area contributed by atoms with Crippen LogP contribution in [-0.2, 0) is 0 Å². The molecule has 0 spiro atoms. The molecule has 1 atom stereocenters. The zero-order valence-electron chi connectivity index (χ0n) is 11.1. The highest BCUT2D eigenvalue weighted by atomic mass is 35.5. The first-order valence-corrected chi connectivity index (χ1v) is 6.83. The van der Waals surface area contributed by atoms with E-state index in [1.54, 1.807) is 0 Å². The van der Waals surface area contributed by atoms with E-state index in [1.807, 2.05) is 6.92 Å². The first-order chi connectivity index (χ1) is 9.01. The molecule has 0 radical (unpaired) electrons. The molecule has 0 aliphatic carbocycles. The second-order valence-electron chi connectivity index (χ2n) is 4.52. The third-order valence-corrected chi connectivity index (χ3v) is 3.38. The Morgan fingerprint density at radius 2 is 2.11 bits per heavy atom. The fourth-order valence-corrected chi connectivity index (χ4v) is 2.10. The molecule has 1 amide bonds. The van der Waals surface area contributed by atoms with Gasteiger partial charge in [-0.3, -0.25) is 4.79 Å².